The highest BCUT2D eigenvalue weighted by atomic mass is 19.4. The van der Waals surface area contributed by atoms with Gasteiger partial charge in [-0.1, -0.05) is 36.4 Å². The number of hydrogen-bond acceptors (Lipinski definition) is 2. The van der Waals surface area contributed by atoms with Crippen LogP contribution in [-0.2, 0) is 12.7 Å². The van der Waals surface area contributed by atoms with E-state index in [1.54, 1.807) is 41.1 Å². The molecule has 0 unspecified atom stereocenters. The normalized spacial score (nSPS) is 11.2. The third kappa shape index (κ3) is 3.01. The van der Waals surface area contributed by atoms with Crippen molar-refractivity contribution in [1.29, 1.82) is 5.26 Å². The molecule has 6 heteroatoms. The summed E-state index contributed by atoms with van der Waals surface area (Å²) in [5.41, 5.74) is 0.500. The minimum absolute atomic E-state index is 0.0180. The molecule has 120 valence electrons. The summed E-state index contributed by atoms with van der Waals surface area (Å²) < 4.78 is 41.3. The molecule has 0 bridgehead atoms. The molecule has 1 aromatic heterocycles. The zero-order valence-electron chi connectivity index (χ0n) is 12.5. The Hall–Kier alpha value is -3.07. The van der Waals surface area contributed by atoms with Crippen molar-refractivity contribution in [2.24, 2.45) is 0 Å². The third-order valence-corrected chi connectivity index (χ3v) is 3.67. The van der Waals surface area contributed by atoms with Crippen LogP contribution in [0.3, 0.4) is 0 Å². The van der Waals surface area contributed by atoms with Crippen LogP contribution in [0.1, 0.15) is 16.7 Å². The summed E-state index contributed by atoms with van der Waals surface area (Å²) in [7, 11) is 0. The van der Waals surface area contributed by atoms with Crippen molar-refractivity contribution in [3.05, 3.63) is 77.6 Å². The third-order valence-electron chi connectivity index (χ3n) is 3.67. The average molecular weight is 327 g/mol. The van der Waals surface area contributed by atoms with Crippen LogP contribution < -0.4 is 0 Å². The Morgan fingerprint density at radius 3 is 2.50 bits per heavy atom. The Bertz CT molecular complexity index is 904. The number of aromatic nitrogens is 2. The van der Waals surface area contributed by atoms with Crippen molar-refractivity contribution in [1.82, 2.24) is 9.55 Å². The fraction of sp³-hybridized carbons (Fsp3) is 0.111. The molecule has 0 spiro atoms. The lowest BCUT2D eigenvalue weighted by molar-refractivity contribution is -0.137. The molecular formula is C18H12F3N3. The number of alkyl halides is 3. The number of rotatable bonds is 3. The summed E-state index contributed by atoms with van der Waals surface area (Å²) in [4.78, 5) is 4.09. The average Bonchev–Trinajstić information content (AvgIpc) is 3.02. The number of halogens is 3. The van der Waals surface area contributed by atoms with Gasteiger partial charge in [-0.2, -0.15) is 18.4 Å². The fourth-order valence-electron chi connectivity index (χ4n) is 2.56. The van der Waals surface area contributed by atoms with Gasteiger partial charge in [0.05, 0.1) is 23.7 Å². The van der Waals surface area contributed by atoms with Gasteiger partial charge in [0.15, 0.2) is 0 Å². The monoisotopic (exact) mass is 327 g/mol. The van der Waals surface area contributed by atoms with Gasteiger partial charge in [-0.25, -0.2) is 4.98 Å². The lowest BCUT2D eigenvalue weighted by Crippen LogP contribution is -2.10. The van der Waals surface area contributed by atoms with Crippen LogP contribution in [0, 0.1) is 11.3 Å². The zero-order chi connectivity index (χ0) is 17.2. The predicted molar refractivity (Wildman–Crippen MR) is 82.9 cm³/mol. The van der Waals surface area contributed by atoms with Crippen LogP contribution in [0.15, 0.2) is 60.9 Å². The van der Waals surface area contributed by atoms with Gasteiger partial charge in [-0.15, -0.1) is 0 Å². The molecule has 0 amide bonds. The molecule has 0 fully saturated rings. The summed E-state index contributed by atoms with van der Waals surface area (Å²) >= 11 is 0. The molecule has 0 atom stereocenters. The van der Waals surface area contributed by atoms with Crippen LogP contribution in [0.4, 0.5) is 13.2 Å². The highest BCUT2D eigenvalue weighted by Gasteiger charge is 2.34. The maximum Gasteiger partial charge on any atom is 0.417 e. The summed E-state index contributed by atoms with van der Waals surface area (Å²) in [6.07, 6.45) is -1.40. The minimum atomic E-state index is -4.46. The molecule has 0 radical (unpaired) electrons. The first-order chi connectivity index (χ1) is 11.5. The van der Waals surface area contributed by atoms with Gasteiger partial charge in [-0.05, 0) is 17.7 Å². The molecule has 24 heavy (non-hydrogen) atoms. The van der Waals surface area contributed by atoms with Gasteiger partial charge in [-0.3, -0.25) is 0 Å². The number of nitriles is 1. The molecular weight excluding hydrogens is 315 g/mol. The lowest BCUT2D eigenvalue weighted by atomic mass is 10.1. The van der Waals surface area contributed by atoms with Gasteiger partial charge in [0.1, 0.15) is 5.82 Å². The van der Waals surface area contributed by atoms with Crippen molar-refractivity contribution in [2.45, 2.75) is 12.7 Å². The van der Waals surface area contributed by atoms with Crippen molar-refractivity contribution in [3.8, 4) is 17.5 Å². The Kier molecular flexibility index (Phi) is 4.09. The van der Waals surface area contributed by atoms with Gasteiger partial charge in [0, 0.05) is 18.0 Å². The summed E-state index contributed by atoms with van der Waals surface area (Å²) in [5.74, 6) is 0.218. The van der Waals surface area contributed by atoms with E-state index in [1.807, 2.05) is 0 Å². The molecule has 0 aliphatic carbocycles. The second-order valence-electron chi connectivity index (χ2n) is 5.19. The van der Waals surface area contributed by atoms with E-state index >= 15 is 0 Å². The Labute approximate surface area is 136 Å². The smallest absolute Gasteiger partial charge is 0.327 e. The Morgan fingerprint density at radius 1 is 1.04 bits per heavy atom. The van der Waals surface area contributed by atoms with Crippen LogP contribution in [0.2, 0.25) is 0 Å². The Balaban J connectivity index is 2.06. The maximum absolute atomic E-state index is 13.2. The van der Waals surface area contributed by atoms with Crippen LogP contribution >= 0.6 is 0 Å². The number of imidazole rings is 1. The molecule has 3 nitrogen and oxygen atoms in total. The van der Waals surface area contributed by atoms with E-state index in [2.05, 4.69) is 11.1 Å². The van der Waals surface area contributed by atoms with E-state index < -0.39 is 11.7 Å². The first kappa shape index (κ1) is 15.8. The topological polar surface area (TPSA) is 41.6 Å². The molecule has 1 heterocycles. The van der Waals surface area contributed by atoms with Gasteiger partial charge < -0.3 is 4.57 Å². The van der Waals surface area contributed by atoms with Gasteiger partial charge in [0.2, 0.25) is 0 Å². The lowest BCUT2D eigenvalue weighted by Gasteiger charge is -2.14. The van der Waals surface area contributed by atoms with E-state index in [0.29, 0.717) is 5.56 Å². The molecule has 3 rings (SSSR count). The molecule has 3 aromatic rings. The molecule has 0 aliphatic rings. The molecule has 0 aliphatic heterocycles. The molecule has 0 saturated carbocycles. The second-order valence-corrected chi connectivity index (χ2v) is 5.19. The van der Waals surface area contributed by atoms with E-state index in [0.717, 1.165) is 11.6 Å². The molecule has 0 N–H and O–H groups in total. The van der Waals surface area contributed by atoms with Gasteiger partial charge in [0.25, 0.3) is 0 Å². The van der Waals surface area contributed by atoms with E-state index in [-0.39, 0.29) is 17.9 Å². The Morgan fingerprint density at radius 2 is 1.75 bits per heavy atom. The van der Waals surface area contributed by atoms with Gasteiger partial charge >= 0.3 is 6.18 Å². The standard InChI is InChI=1S/C18H12F3N3/c19-18(20,21)16-8-4-3-7-15(16)17-23-9-10-24(17)12-14-6-2-1-5-13(14)11-22/h1-10H,12H2. The highest BCUT2D eigenvalue weighted by molar-refractivity contribution is 5.62. The molecule has 0 saturated heterocycles. The van der Waals surface area contributed by atoms with Crippen molar-refractivity contribution < 1.29 is 13.2 Å². The van der Waals surface area contributed by atoms with Crippen molar-refractivity contribution in [2.75, 3.05) is 0 Å². The highest BCUT2D eigenvalue weighted by Crippen LogP contribution is 2.36. The summed E-state index contributed by atoms with van der Waals surface area (Å²) in [6, 6.07) is 14.4. The minimum Gasteiger partial charge on any atom is -0.327 e. The van der Waals surface area contributed by atoms with Crippen LogP contribution in [-0.4, -0.2) is 9.55 Å². The van der Waals surface area contributed by atoms with Crippen molar-refractivity contribution >= 4 is 0 Å². The summed E-state index contributed by atoms with van der Waals surface area (Å²) in [6.45, 7) is 0.269. The molecule has 2 aromatic carbocycles. The SMILES string of the molecule is N#Cc1ccccc1Cn1ccnc1-c1ccccc1C(F)(F)F. The van der Waals surface area contributed by atoms with E-state index in [9.17, 15) is 13.2 Å². The largest absolute Gasteiger partial charge is 0.417 e. The number of hydrogen-bond donors (Lipinski definition) is 0. The number of benzene rings is 2. The summed E-state index contributed by atoms with van der Waals surface area (Å²) in [5, 5.41) is 9.16. The number of nitrogens with zero attached hydrogens (tertiary/aromatic N) is 3. The van der Waals surface area contributed by atoms with E-state index in [1.165, 1.54) is 18.3 Å². The fourth-order valence-corrected chi connectivity index (χ4v) is 2.56. The second kappa shape index (κ2) is 6.20. The van der Waals surface area contributed by atoms with E-state index in [4.69, 9.17) is 5.26 Å². The van der Waals surface area contributed by atoms with Crippen molar-refractivity contribution in [3.63, 3.8) is 0 Å². The predicted octanol–water partition coefficient (Wildman–Crippen LogP) is 4.49. The first-order valence-corrected chi connectivity index (χ1v) is 7.16. The van der Waals surface area contributed by atoms with Crippen LogP contribution in [0.5, 0.6) is 0 Å². The van der Waals surface area contributed by atoms with Crippen LogP contribution in [0.25, 0.3) is 11.4 Å². The zero-order valence-corrected chi connectivity index (χ0v) is 12.5. The quantitative estimate of drug-likeness (QED) is 0.711. The first-order valence-electron chi connectivity index (χ1n) is 7.16. The maximum atomic E-state index is 13.2.